The van der Waals surface area contributed by atoms with Crippen LogP contribution in [-0.4, -0.2) is 19.9 Å². The Morgan fingerprint density at radius 2 is 2.05 bits per heavy atom. The van der Waals surface area contributed by atoms with E-state index in [4.69, 9.17) is 0 Å². The van der Waals surface area contributed by atoms with E-state index >= 15 is 0 Å². The first-order valence-corrected chi connectivity index (χ1v) is 5.71. The van der Waals surface area contributed by atoms with Crippen LogP contribution in [-0.2, 0) is 0 Å². The summed E-state index contributed by atoms with van der Waals surface area (Å²) >= 11 is 0. The molecule has 3 aromatic rings. The Morgan fingerprint density at radius 3 is 2.79 bits per heavy atom. The van der Waals surface area contributed by atoms with Crippen molar-refractivity contribution in [1.82, 2.24) is 19.9 Å². The Balaban J connectivity index is 2.08. The smallest absolute Gasteiger partial charge is 0.178 e. The fraction of sp³-hybridized carbons (Fsp3) is 0. The van der Waals surface area contributed by atoms with E-state index in [0.717, 1.165) is 5.52 Å². The maximum Gasteiger partial charge on any atom is 0.178 e. The molecule has 0 aliphatic carbocycles. The predicted molar refractivity (Wildman–Crippen MR) is 71.6 cm³/mol. The van der Waals surface area contributed by atoms with Crippen LogP contribution in [0.2, 0.25) is 0 Å². The molecule has 0 amide bonds. The van der Waals surface area contributed by atoms with Crippen LogP contribution < -0.4 is 0 Å². The van der Waals surface area contributed by atoms with Crippen molar-refractivity contribution in [2.75, 3.05) is 0 Å². The number of hydrogen-bond donors (Lipinski definition) is 1. The molecule has 0 fully saturated rings. The van der Waals surface area contributed by atoms with E-state index in [9.17, 15) is 5.26 Å². The molecule has 0 aromatic carbocycles. The fourth-order valence-corrected chi connectivity index (χ4v) is 1.74. The van der Waals surface area contributed by atoms with Crippen LogP contribution in [0.15, 0.2) is 42.7 Å². The second-order valence-electron chi connectivity index (χ2n) is 3.88. The zero-order chi connectivity index (χ0) is 13.1. The number of fused-ring (bicyclic) bond motifs is 1. The molecule has 0 aliphatic rings. The van der Waals surface area contributed by atoms with Crippen molar-refractivity contribution >= 4 is 22.8 Å². The summed E-state index contributed by atoms with van der Waals surface area (Å²) in [4.78, 5) is 15.7. The number of imidazole rings is 1. The van der Waals surface area contributed by atoms with Crippen LogP contribution in [0.3, 0.4) is 0 Å². The van der Waals surface area contributed by atoms with Gasteiger partial charge in [-0.15, -0.1) is 0 Å². The van der Waals surface area contributed by atoms with E-state index in [-0.39, 0.29) is 0 Å². The van der Waals surface area contributed by atoms with Crippen LogP contribution in [0.5, 0.6) is 0 Å². The summed E-state index contributed by atoms with van der Waals surface area (Å²) in [6.07, 6.45) is 5.04. The molecule has 5 heteroatoms. The molecular formula is C14H9N5. The summed E-state index contributed by atoms with van der Waals surface area (Å²) < 4.78 is 0. The lowest BCUT2D eigenvalue weighted by atomic mass is 10.2. The number of hydrogen-bond acceptors (Lipinski definition) is 4. The minimum absolute atomic E-state index is 0.428. The molecule has 1 N–H and O–H groups in total. The maximum absolute atomic E-state index is 9.24. The van der Waals surface area contributed by atoms with Crippen molar-refractivity contribution in [3.05, 3.63) is 54.2 Å². The number of aromatic amines is 1. The second-order valence-corrected chi connectivity index (χ2v) is 3.88. The first-order valence-electron chi connectivity index (χ1n) is 5.71. The van der Waals surface area contributed by atoms with Crippen LogP contribution in [0, 0.1) is 11.3 Å². The molecule has 0 unspecified atom stereocenters. The van der Waals surface area contributed by atoms with Gasteiger partial charge in [0.2, 0.25) is 0 Å². The highest BCUT2D eigenvalue weighted by Crippen LogP contribution is 2.16. The third-order valence-electron chi connectivity index (χ3n) is 2.61. The number of nitrogens with one attached hydrogen (secondary N) is 1. The molecule has 3 rings (SSSR count). The lowest BCUT2D eigenvalue weighted by molar-refractivity contribution is 1.25. The number of H-pyrrole nitrogens is 1. The minimum Gasteiger partial charge on any atom is -0.336 e. The molecule has 0 spiro atoms. The number of rotatable bonds is 2. The standard InChI is InChI=1S/C14H9N5/c15-9-10(8-11-4-1-2-6-16-11)13-18-12-5-3-7-17-14(12)19-13/h1-8H,(H,17,18,19)/b10-8+. The summed E-state index contributed by atoms with van der Waals surface area (Å²) in [5.74, 6) is 0.502. The van der Waals surface area contributed by atoms with E-state index in [1.165, 1.54) is 0 Å². The van der Waals surface area contributed by atoms with E-state index in [1.54, 1.807) is 18.5 Å². The zero-order valence-corrected chi connectivity index (χ0v) is 9.91. The SMILES string of the molecule is N#C/C(=C\c1ccccn1)c1nc2ncccc2[nH]1. The van der Waals surface area contributed by atoms with Crippen molar-refractivity contribution in [2.45, 2.75) is 0 Å². The molecule has 0 aliphatic heterocycles. The monoisotopic (exact) mass is 247 g/mol. The average molecular weight is 247 g/mol. The summed E-state index contributed by atoms with van der Waals surface area (Å²) in [7, 11) is 0. The van der Waals surface area contributed by atoms with Crippen molar-refractivity contribution in [3.8, 4) is 6.07 Å². The number of nitriles is 1. The highest BCUT2D eigenvalue weighted by atomic mass is 15.0. The van der Waals surface area contributed by atoms with Gasteiger partial charge in [-0.2, -0.15) is 5.26 Å². The van der Waals surface area contributed by atoms with Crippen molar-refractivity contribution < 1.29 is 0 Å². The second kappa shape index (κ2) is 4.70. The zero-order valence-electron chi connectivity index (χ0n) is 9.91. The normalized spacial score (nSPS) is 11.4. The van der Waals surface area contributed by atoms with Crippen molar-refractivity contribution in [2.24, 2.45) is 0 Å². The Kier molecular flexibility index (Phi) is 2.75. The Labute approximate surface area is 109 Å². The molecule has 90 valence electrons. The van der Waals surface area contributed by atoms with Gasteiger partial charge in [-0.05, 0) is 30.3 Å². The molecule has 0 atom stereocenters. The first kappa shape index (κ1) is 11.1. The van der Waals surface area contributed by atoms with Crippen LogP contribution >= 0.6 is 0 Å². The van der Waals surface area contributed by atoms with Gasteiger partial charge in [-0.25, -0.2) is 9.97 Å². The van der Waals surface area contributed by atoms with Crippen molar-refractivity contribution in [1.29, 1.82) is 5.26 Å². The highest BCUT2D eigenvalue weighted by molar-refractivity contribution is 5.88. The molecule has 0 bridgehead atoms. The van der Waals surface area contributed by atoms with Gasteiger partial charge in [0.15, 0.2) is 11.5 Å². The maximum atomic E-state index is 9.24. The van der Waals surface area contributed by atoms with Crippen LogP contribution in [0.4, 0.5) is 0 Å². The van der Waals surface area contributed by atoms with Gasteiger partial charge in [0, 0.05) is 12.4 Å². The molecule has 3 heterocycles. The van der Waals surface area contributed by atoms with E-state index in [2.05, 4.69) is 26.0 Å². The van der Waals surface area contributed by atoms with Crippen LogP contribution in [0.1, 0.15) is 11.5 Å². The van der Waals surface area contributed by atoms with Gasteiger partial charge in [-0.1, -0.05) is 6.07 Å². The fourth-order valence-electron chi connectivity index (χ4n) is 1.74. The quantitative estimate of drug-likeness (QED) is 0.705. The van der Waals surface area contributed by atoms with Gasteiger partial charge >= 0.3 is 0 Å². The Morgan fingerprint density at radius 1 is 1.16 bits per heavy atom. The highest BCUT2D eigenvalue weighted by Gasteiger charge is 2.08. The number of allylic oxidation sites excluding steroid dienone is 1. The van der Waals surface area contributed by atoms with Crippen LogP contribution in [0.25, 0.3) is 22.8 Å². The Bertz CT molecular complexity index is 747. The van der Waals surface area contributed by atoms with Gasteiger partial charge in [0.25, 0.3) is 0 Å². The third kappa shape index (κ3) is 2.19. The largest absolute Gasteiger partial charge is 0.336 e. The number of pyridine rings is 2. The molecule has 0 saturated carbocycles. The van der Waals surface area contributed by atoms with Crippen molar-refractivity contribution in [3.63, 3.8) is 0 Å². The van der Waals surface area contributed by atoms with Gasteiger partial charge in [0.1, 0.15) is 6.07 Å². The molecular weight excluding hydrogens is 238 g/mol. The Hall–Kier alpha value is -3.00. The van der Waals surface area contributed by atoms with E-state index in [0.29, 0.717) is 22.7 Å². The van der Waals surface area contributed by atoms with E-state index < -0.39 is 0 Å². The molecule has 5 nitrogen and oxygen atoms in total. The van der Waals surface area contributed by atoms with Gasteiger partial charge in [0.05, 0.1) is 16.8 Å². The molecule has 3 aromatic heterocycles. The molecule has 19 heavy (non-hydrogen) atoms. The lowest BCUT2D eigenvalue weighted by Crippen LogP contribution is -1.86. The summed E-state index contributed by atoms with van der Waals surface area (Å²) in [5.41, 5.74) is 2.54. The summed E-state index contributed by atoms with van der Waals surface area (Å²) in [6.45, 7) is 0. The lowest BCUT2D eigenvalue weighted by Gasteiger charge is -1.93. The summed E-state index contributed by atoms with van der Waals surface area (Å²) in [6, 6.07) is 11.3. The summed E-state index contributed by atoms with van der Waals surface area (Å²) in [5, 5.41) is 9.24. The topological polar surface area (TPSA) is 78.2 Å². The third-order valence-corrected chi connectivity index (χ3v) is 2.61. The molecule has 0 saturated heterocycles. The predicted octanol–water partition coefficient (Wildman–Crippen LogP) is 2.42. The number of aromatic nitrogens is 4. The average Bonchev–Trinajstić information content (AvgIpc) is 2.89. The number of nitrogens with zero attached hydrogens (tertiary/aromatic N) is 4. The minimum atomic E-state index is 0.428. The van der Waals surface area contributed by atoms with E-state index in [1.807, 2.05) is 30.3 Å². The van der Waals surface area contributed by atoms with Gasteiger partial charge in [-0.3, -0.25) is 4.98 Å². The molecule has 0 radical (unpaired) electrons. The van der Waals surface area contributed by atoms with Gasteiger partial charge < -0.3 is 4.98 Å². The first-order chi connectivity index (χ1) is 9.36.